The fraction of sp³-hybridized carbons (Fsp3) is 0.786. The van der Waals surface area contributed by atoms with Crippen molar-refractivity contribution in [1.82, 2.24) is 10.2 Å². The molecule has 0 aromatic heterocycles. The fourth-order valence-electron chi connectivity index (χ4n) is 2.79. The van der Waals surface area contributed by atoms with Crippen LogP contribution in [0.5, 0.6) is 0 Å². The lowest BCUT2D eigenvalue weighted by Crippen LogP contribution is -2.32. The fourth-order valence-corrected chi connectivity index (χ4v) is 2.79. The number of rotatable bonds is 5. The van der Waals surface area contributed by atoms with Gasteiger partial charge in [0.1, 0.15) is 6.10 Å². The summed E-state index contributed by atoms with van der Waals surface area (Å²) in [5.74, 6) is 0.160. The maximum atomic E-state index is 11.7. The number of esters is 1. The van der Waals surface area contributed by atoms with Gasteiger partial charge >= 0.3 is 12.0 Å². The minimum Gasteiger partial charge on any atom is -0.462 e. The van der Waals surface area contributed by atoms with Gasteiger partial charge in [-0.1, -0.05) is 13.3 Å². The number of amides is 3. The summed E-state index contributed by atoms with van der Waals surface area (Å²) < 4.78 is 5.44. The van der Waals surface area contributed by atoms with E-state index in [9.17, 15) is 14.4 Å². The molecule has 1 heterocycles. The highest BCUT2D eigenvalue weighted by molar-refractivity contribution is 6.01. The van der Waals surface area contributed by atoms with E-state index in [2.05, 4.69) is 12.2 Å². The standard InChI is InChI=1S/C14H22N2O4/c1-10-4-2-5-11(8-10)20-13(18)6-3-7-16-12(17)9-15-14(16)19/h10-11H,2-9H2,1H3,(H,15,19). The first-order chi connectivity index (χ1) is 9.56. The zero-order valence-corrected chi connectivity index (χ0v) is 11.9. The van der Waals surface area contributed by atoms with Gasteiger partial charge in [0.25, 0.3) is 0 Å². The summed E-state index contributed by atoms with van der Waals surface area (Å²) in [4.78, 5) is 35.5. The van der Waals surface area contributed by atoms with Crippen molar-refractivity contribution in [1.29, 1.82) is 0 Å². The molecule has 0 spiro atoms. The van der Waals surface area contributed by atoms with E-state index in [1.807, 2.05) is 0 Å². The molecule has 0 aromatic carbocycles. The molecule has 20 heavy (non-hydrogen) atoms. The SMILES string of the molecule is CC1CCCC(OC(=O)CCCN2C(=O)CNC2=O)C1. The van der Waals surface area contributed by atoms with Crippen molar-refractivity contribution in [2.45, 2.75) is 51.6 Å². The monoisotopic (exact) mass is 282 g/mol. The Morgan fingerprint density at radius 1 is 1.40 bits per heavy atom. The molecule has 2 atom stereocenters. The van der Waals surface area contributed by atoms with Gasteiger partial charge in [-0.2, -0.15) is 0 Å². The molecule has 1 N–H and O–H groups in total. The third-order valence-electron chi connectivity index (χ3n) is 3.89. The van der Waals surface area contributed by atoms with Crippen LogP contribution < -0.4 is 5.32 Å². The van der Waals surface area contributed by atoms with E-state index in [0.29, 0.717) is 12.3 Å². The normalized spacial score (nSPS) is 26.6. The predicted molar refractivity (Wildman–Crippen MR) is 71.9 cm³/mol. The molecule has 3 amide bonds. The van der Waals surface area contributed by atoms with E-state index in [1.165, 1.54) is 6.42 Å². The molecule has 0 aromatic rings. The summed E-state index contributed by atoms with van der Waals surface area (Å²) in [6.07, 6.45) is 4.97. The molecule has 2 unspecified atom stereocenters. The molecule has 0 radical (unpaired) electrons. The van der Waals surface area contributed by atoms with Crippen molar-refractivity contribution in [3.05, 3.63) is 0 Å². The molecule has 2 fully saturated rings. The Morgan fingerprint density at radius 3 is 2.85 bits per heavy atom. The third kappa shape index (κ3) is 3.95. The van der Waals surface area contributed by atoms with Gasteiger partial charge in [-0.25, -0.2) is 4.79 Å². The first-order valence-electron chi connectivity index (χ1n) is 7.34. The first-order valence-corrected chi connectivity index (χ1v) is 7.34. The molecule has 6 nitrogen and oxygen atoms in total. The number of carbonyl (C=O) groups is 3. The van der Waals surface area contributed by atoms with Gasteiger partial charge in [0.05, 0.1) is 6.54 Å². The predicted octanol–water partition coefficient (Wildman–Crippen LogP) is 1.44. The van der Waals surface area contributed by atoms with E-state index < -0.39 is 0 Å². The van der Waals surface area contributed by atoms with Gasteiger partial charge in [-0.3, -0.25) is 14.5 Å². The maximum absolute atomic E-state index is 11.7. The highest BCUT2D eigenvalue weighted by atomic mass is 16.5. The molecule has 0 bridgehead atoms. The Morgan fingerprint density at radius 2 is 2.20 bits per heavy atom. The van der Waals surface area contributed by atoms with Crippen LogP contribution in [0.4, 0.5) is 4.79 Å². The average molecular weight is 282 g/mol. The molecule has 1 saturated carbocycles. The van der Waals surface area contributed by atoms with Crippen molar-refractivity contribution < 1.29 is 19.1 Å². The lowest BCUT2D eigenvalue weighted by atomic mass is 9.89. The Balaban J connectivity index is 1.65. The Kier molecular flexibility index (Phi) is 4.98. The summed E-state index contributed by atoms with van der Waals surface area (Å²) in [5.41, 5.74) is 0. The molecule has 2 rings (SSSR count). The molecule has 6 heteroatoms. The summed E-state index contributed by atoms with van der Waals surface area (Å²) in [6, 6.07) is -0.371. The van der Waals surface area contributed by atoms with Crippen LogP contribution in [0.2, 0.25) is 0 Å². The molecule has 2 aliphatic rings. The van der Waals surface area contributed by atoms with E-state index in [1.54, 1.807) is 0 Å². The molecule has 1 aliphatic heterocycles. The van der Waals surface area contributed by atoms with Crippen molar-refractivity contribution in [2.75, 3.05) is 13.1 Å². The number of ether oxygens (including phenoxy) is 1. The van der Waals surface area contributed by atoms with Crippen LogP contribution in [0, 0.1) is 5.92 Å². The van der Waals surface area contributed by atoms with Crippen LogP contribution in [0.25, 0.3) is 0 Å². The maximum Gasteiger partial charge on any atom is 0.324 e. The topological polar surface area (TPSA) is 75.7 Å². The zero-order valence-electron chi connectivity index (χ0n) is 11.9. The average Bonchev–Trinajstić information content (AvgIpc) is 2.70. The number of nitrogens with zero attached hydrogens (tertiary/aromatic N) is 1. The minimum absolute atomic E-state index is 0.0444. The number of urea groups is 1. The Hall–Kier alpha value is -1.59. The van der Waals surface area contributed by atoms with Gasteiger partial charge in [0.15, 0.2) is 0 Å². The molecule has 1 aliphatic carbocycles. The lowest BCUT2D eigenvalue weighted by molar-refractivity contribution is -0.151. The van der Waals surface area contributed by atoms with Crippen LogP contribution in [-0.2, 0) is 14.3 Å². The second kappa shape index (κ2) is 6.72. The van der Waals surface area contributed by atoms with Crippen molar-refractivity contribution in [3.63, 3.8) is 0 Å². The number of nitrogens with one attached hydrogen (secondary N) is 1. The van der Waals surface area contributed by atoms with E-state index in [-0.39, 0.29) is 43.5 Å². The third-order valence-corrected chi connectivity index (χ3v) is 3.89. The van der Waals surface area contributed by atoms with Crippen molar-refractivity contribution in [3.8, 4) is 0 Å². The van der Waals surface area contributed by atoms with Crippen LogP contribution in [-0.4, -0.2) is 42.0 Å². The summed E-state index contributed by atoms with van der Waals surface area (Å²) in [6.45, 7) is 2.52. The molecular weight excluding hydrogens is 260 g/mol. The van der Waals surface area contributed by atoms with Crippen LogP contribution in [0.3, 0.4) is 0 Å². The van der Waals surface area contributed by atoms with Gasteiger partial charge in [-0.05, 0) is 31.6 Å². The van der Waals surface area contributed by atoms with Crippen LogP contribution >= 0.6 is 0 Å². The van der Waals surface area contributed by atoms with Crippen LogP contribution in [0.1, 0.15) is 45.4 Å². The second-order valence-electron chi connectivity index (χ2n) is 5.69. The number of hydrogen-bond acceptors (Lipinski definition) is 4. The first kappa shape index (κ1) is 14.8. The van der Waals surface area contributed by atoms with Gasteiger partial charge in [0.2, 0.25) is 5.91 Å². The number of hydrogen-bond donors (Lipinski definition) is 1. The number of imide groups is 1. The molecule has 1 saturated heterocycles. The highest BCUT2D eigenvalue weighted by Crippen LogP contribution is 2.26. The smallest absolute Gasteiger partial charge is 0.324 e. The number of carbonyl (C=O) groups excluding carboxylic acids is 3. The van der Waals surface area contributed by atoms with E-state index in [4.69, 9.17) is 4.74 Å². The van der Waals surface area contributed by atoms with E-state index in [0.717, 1.165) is 24.2 Å². The molecule has 112 valence electrons. The zero-order chi connectivity index (χ0) is 14.5. The van der Waals surface area contributed by atoms with E-state index >= 15 is 0 Å². The molecular formula is C14H22N2O4. The summed E-state index contributed by atoms with van der Waals surface area (Å²) >= 11 is 0. The minimum atomic E-state index is -0.371. The summed E-state index contributed by atoms with van der Waals surface area (Å²) in [7, 11) is 0. The Labute approximate surface area is 118 Å². The summed E-state index contributed by atoms with van der Waals surface area (Å²) in [5, 5.41) is 2.45. The largest absolute Gasteiger partial charge is 0.462 e. The highest BCUT2D eigenvalue weighted by Gasteiger charge is 2.28. The quantitative estimate of drug-likeness (QED) is 0.611. The van der Waals surface area contributed by atoms with Crippen molar-refractivity contribution >= 4 is 17.9 Å². The van der Waals surface area contributed by atoms with Gasteiger partial charge in [0, 0.05) is 13.0 Å². The second-order valence-corrected chi connectivity index (χ2v) is 5.69. The van der Waals surface area contributed by atoms with Crippen molar-refractivity contribution in [2.24, 2.45) is 5.92 Å². The Bertz CT molecular complexity index is 381. The van der Waals surface area contributed by atoms with Gasteiger partial charge in [-0.15, -0.1) is 0 Å². The lowest BCUT2D eigenvalue weighted by Gasteiger charge is -2.26. The van der Waals surface area contributed by atoms with Gasteiger partial charge < -0.3 is 10.1 Å². The van der Waals surface area contributed by atoms with Crippen LogP contribution in [0.15, 0.2) is 0 Å².